The number of nitrogens with zero attached hydrogens (tertiary/aromatic N) is 6. The fourth-order valence-electron chi connectivity index (χ4n) is 5.72. The first-order chi connectivity index (χ1) is 22.5. The first kappa shape index (κ1) is 31.9. The van der Waals surface area contributed by atoms with Crippen LogP contribution in [0.4, 0.5) is 0 Å². The Bertz CT molecular complexity index is 2070. The maximum absolute atomic E-state index is 12.7. The highest BCUT2D eigenvalue weighted by Crippen LogP contribution is 2.36. The van der Waals surface area contributed by atoms with Crippen molar-refractivity contribution in [1.82, 2.24) is 30.0 Å². The van der Waals surface area contributed by atoms with Crippen molar-refractivity contribution in [3.63, 3.8) is 0 Å². The SMILES string of the molecule is C=C(C)C(=O)OC(C)c1cc(C(C)(CO)Cn2nc3ccc(Cl)cc3n2)ccc1CC(c1ccccc1O)n1nc2ccccc2n1. The van der Waals surface area contributed by atoms with Crippen LogP contribution in [0.25, 0.3) is 22.1 Å². The molecular formula is C36H35ClN6O4. The number of hydrogen-bond acceptors (Lipinski definition) is 8. The Balaban J connectivity index is 1.43. The maximum Gasteiger partial charge on any atom is 0.333 e. The van der Waals surface area contributed by atoms with Gasteiger partial charge in [-0.15, -0.1) is 0 Å². The average Bonchev–Trinajstić information content (AvgIpc) is 3.67. The topological polar surface area (TPSA) is 128 Å². The summed E-state index contributed by atoms with van der Waals surface area (Å²) in [7, 11) is 0. The quantitative estimate of drug-likeness (QED) is 0.120. The zero-order valence-corrected chi connectivity index (χ0v) is 27.1. The van der Waals surface area contributed by atoms with Gasteiger partial charge in [0.05, 0.1) is 13.2 Å². The highest BCUT2D eigenvalue weighted by molar-refractivity contribution is 6.31. The number of phenolic OH excluding ortho intramolecular Hbond substituents is 1. The zero-order valence-electron chi connectivity index (χ0n) is 26.3. The number of aromatic hydroxyl groups is 1. The molecule has 2 N–H and O–H groups in total. The van der Waals surface area contributed by atoms with E-state index in [9.17, 15) is 15.0 Å². The minimum absolute atomic E-state index is 0.118. The number of aliphatic hydroxyl groups is 1. The van der Waals surface area contributed by atoms with Crippen LogP contribution in [-0.2, 0) is 27.9 Å². The third-order valence-corrected chi connectivity index (χ3v) is 8.66. The summed E-state index contributed by atoms with van der Waals surface area (Å²) >= 11 is 6.16. The summed E-state index contributed by atoms with van der Waals surface area (Å²) in [5, 5.41) is 40.9. The molecule has 0 spiro atoms. The minimum Gasteiger partial charge on any atom is -0.508 e. The molecular weight excluding hydrogens is 616 g/mol. The lowest BCUT2D eigenvalue weighted by Crippen LogP contribution is -2.33. The van der Waals surface area contributed by atoms with E-state index in [0.717, 1.165) is 27.7 Å². The summed E-state index contributed by atoms with van der Waals surface area (Å²) in [6.45, 7) is 9.16. The van der Waals surface area contributed by atoms with Gasteiger partial charge in [0.2, 0.25) is 0 Å². The van der Waals surface area contributed by atoms with Gasteiger partial charge in [0.15, 0.2) is 0 Å². The summed E-state index contributed by atoms with van der Waals surface area (Å²) in [6.07, 6.45) is -0.300. The van der Waals surface area contributed by atoms with E-state index in [4.69, 9.17) is 26.5 Å². The molecule has 0 saturated carbocycles. The first-order valence-corrected chi connectivity index (χ1v) is 15.6. The number of hydrogen-bond donors (Lipinski definition) is 2. The molecule has 0 amide bonds. The van der Waals surface area contributed by atoms with Crippen molar-refractivity contribution in [2.75, 3.05) is 6.61 Å². The Morgan fingerprint density at radius 3 is 2.26 bits per heavy atom. The molecule has 4 aromatic carbocycles. The van der Waals surface area contributed by atoms with Gasteiger partial charge < -0.3 is 14.9 Å². The molecule has 240 valence electrons. The van der Waals surface area contributed by atoms with Gasteiger partial charge in [-0.2, -0.15) is 30.0 Å². The largest absolute Gasteiger partial charge is 0.508 e. The zero-order chi connectivity index (χ0) is 33.3. The summed E-state index contributed by atoms with van der Waals surface area (Å²) in [4.78, 5) is 15.9. The third kappa shape index (κ3) is 6.61. The molecule has 11 heteroatoms. The molecule has 0 radical (unpaired) electrons. The van der Waals surface area contributed by atoms with Crippen LogP contribution in [0, 0.1) is 0 Å². The average molecular weight is 651 g/mol. The second kappa shape index (κ2) is 13.0. The van der Waals surface area contributed by atoms with Crippen LogP contribution in [-0.4, -0.2) is 52.8 Å². The van der Waals surface area contributed by atoms with E-state index in [1.807, 2.05) is 61.5 Å². The van der Waals surface area contributed by atoms with Gasteiger partial charge in [0.25, 0.3) is 0 Å². The number of aliphatic hydroxyl groups excluding tert-OH is 1. The van der Waals surface area contributed by atoms with Crippen LogP contribution in [0.1, 0.15) is 55.2 Å². The predicted molar refractivity (Wildman–Crippen MR) is 180 cm³/mol. The minimum atomic E-state index is -0.803. The normalized spacial score (nSPS) is 14.1. The molecule has 10 nitrogen and oxygen atoms in total. The second-order valence-corrected chi connectivity index (χ2v) is 12.5. The Labute approximate surface area is 276 Å². The van der Waals surface area contributed by atoms with Crippen LogP contribution in [0.5, 0.6) is 5.75 Å². The van der Waals surface area contributed by atoms with Gasteiger partial charge in [-0.3, -0.25) is 0 Å². The summed E-state index contributed by atoms with van der Waals surface area (Å²) in [5.74, 6) is -0.394. The van der Waals surface area contributed by atoms with Crippen LogP contribution in [0.2, 0.25) is 5.02 Å². The third-order valence-electron chi connectivity index (χ3n) is 8.43. The van der Waals surface area contributed by atoms with Crippen LogP contribution in [0.15, 0.2) is 97.1 Å². The Kier molecular flexibility index (Phi) is 8.81. The van der Waals surface area contributed by atoms with Gasteiger partial charge in [-0.05, 0) is 66.9 Å². The Morgan fingerprint density at radius 2 is 1.57 bits per heavy atom. The lowest BCUT2D eigenvalue weighted by Gasteiger charge is -2.30. The van der Waals surface area contributed by atoms with Gasteiger partial charge >= 0.3 is 5.97 Å². The fraction of sp³-hybridized carbons (Fsp3) is 0.250. The number of esters is 1. The maximum atomic E-state index is 12.7. The highest BCUT2D eigenvalue weighted by Gasteiger charge is 2.31. The lowest BCUT2D eigenvalue weighted by molar-refractivity contribution is -0.143. The van der Waals surface area contributed by atoms with E-state index in [2.05, 4.69) is 16.8 Å². The molecule has 0 aliphatic rings. The smallest absolute Gasteiger partial charge is 0.333 e. The number of ether oxygens (including phenoxy) is 1. The van der Waals surface area contributed by atoms with Crippen molar-refractivity contribution in [3.8, 4) is 5.75 Å². The van der Waals surface area contributed by atoms with E-state index in [-0.39, 0.29) is 24.5 Å². The number of benzene rings is 4. The summed E-state index contributed by atoms with van der Waals surface area (Å²) < 4.78 is 5.84. The van der Waals surface area contributed by atoms with Crippen LogP contribution >= 0.6 is 11.6 Å². The number of phenols is 1. The lowest BCUT2D eigenvalue weighted by atomic mass is 9.80. The van der Waals surface area contributed by atoms with Crippen molar-refractivity contribution in [2.45, 2.75) is 51.3 Å². The molecule has 0 saturated heterocycles. The van der Waals surface area contributed by atoms with Gasteiger partial charge in [0, 0.05) is 28.0 Å². The van der Waals surface area contributed by atoms with E-state index in [1.54, 1.807) is 53.8 Å². The number of carbonyl (C=O) groups is 1. The van der Waals surface area contributed by atoms with Crippen molar-refractivity contribution in [1.29, 1.82) is 0 Å². The molecule has 0 fully saturated rings. The number of para-hydroxylation sites is 1. The fourth-order valence-corrected chi connectivity index (χ4v) is 5.88. The van der Waals surface area contributed by atoms with Gasteiger partial charge in [-0.1, -0.05) is 73.6 Å². The van der Waals surface area contributed by atoms with Gasteiger partial charge in [0.1, 0.15) is 40.0 Å². The summed E-state index contributed by atoms with van der Waals surface area (Å²) in [6, 6.07) is 25.4. The number of fused-ring (bicyclic) bond motifs is 2. The van der Waals surface area contributed by atoms with Gasteiger partial charge in [-0.25, -0.2) is 4.79 Å². The number of rotatable bonds is 11. The number of halogens is 1. The first-order valence-electron chi connectivity index (χ1n) is 15.2. The van der Waals surface area contributed by atoms with Crippen molar-refractivity contribution in [3.05, 3.63) is 124 Å². The highest BCUT2D eigenvalue weighted by atomic mass is 35.5. The molecule has 0 bridgehead atoms. The van der Waals surface area contributed by atoms with Crippen LogP contribution < -0.4 is 0 Å². The second-order valence-electron chi connectivity index (χ2n) is 12.1. The molecule has 2 heterocycles. The predicted octanol–water partition coefficient (Wildman–Crippen LogP) is 6.50. The van der Waals surface area contributed by atoms with Crippen molar-refractivity contribution >= 4 is 39.6 Å². The Morgan fingerprint density at radius 1 is 0.915 bits per heavy atom. The van der Waals surface area contributed by atoms with E-state index < -0.39 is 23.5 Å². The summed E-state index contributed by atoms with van der Waals surface area (Å²) in [5.41, 5.74) is 5.33. The molecule has 3 atom stereocenters. The number of aromatic nitrogens is 6. The molecule has 6 aromatic rings. The van der Waals surface area contributed by atoms with Crippen LogP contribution in [0.3, 0.4) is 0 Å². The van der Waals surface area contributed by atoms with E-state index in [1.165, 1.54) is 0 Å². The van der Waals surface area contributed by atoms with Crippen molar-refractivity contribution in [2.24, 2.45) is 0 Å². The Hall–Kier alpha value is -5.06. The molecule has 3 unspecified atom stereocenters. The molecule has 2 aromatic heterocycles. The van der Waals surface area contributed by atoms with E-state index in [0.29, 0.717) is 28.0 Å². The standard InChI is InChI=1S/C36H35ClN6O4/c1-22(2)35(46)47-23(3)28-18-25(36(4,21-44)20-42-38-31-16-15-26(37)19-32(31)39-42)14-13-24(28)17-33(27-9-5-8-12-34(27)45)43-40-29-10-6-7-11-30(29)41-43/h5-16,18-19,23,33,44-45H,1,17,20-21H2,2-4H3. The van der Waals surface area contributed by atoms with Crippen molar-refractivity contribution < 1.29 is 19.7 Å². The molecule has 6 rings (SSSR count). The molecule has 47 heavy (non-hydrogen) atoms. The molecule has 0 aliphatic heterocycles. The molecule has 0 aliphatic carbocycles. The van der Waals surface area contributed by atoms with E-state index >= 15 is 0 Å². The monoisotopic (exact) mass is 650 g/mol. The number of carbonyl (C=O) groups excluding carboxylic acids is 1.